The Labute approximate surface area is 103 Å². The van der Waals surface area contributed by atoms with Gasteiger partial charge in [0.25, 0.3) is 0 Å². The van der Waals surface area contributed by atoms with Gasteiger partial charge in [-0.15, -0.1) is 0 Å². The smallest absolute Gasteiger partial charge is 0.125 e. The highest BCUT2D eigenvalue weighted by Gasteiger charge is 2.15. The molecule has 0 atom stereocenters. The molecule has 94 valence electrons. The average Bonchev–Trinajstić information content (AvgIpc) is 2.40. The summed E-state index contributed by atoms with van der Waals surface area (Å²) in [5, 5.41) is 0. The van der Waals surface area contributed by atoms with Crippen molar-refractivity contribution in [1.82, 2.24) is 0 Å². The van der Waals surface area contributed by atoms with Crippen molar-refractivity contribution in [1.29, 1.82) is 0 Å². The van der Waals surface area contributed by atoms with Gasteiger partial charge in [-0.25, -0.2) is 0 Å². The quantitative estimate of drug-likeness (QED) is 0.804. The minimum Gasteiger partial charge on any atom is -0.496 e. The lowest BCUT2D eigenvalue weighted by Gasteiger charge is -2.23. The molecule has 1 aromatic carbocycles. The molecule has 0 unspecified atom stereocenters. The summed E-state index contributed by atoms with van der Waals surface area (Å²) in [6, 6.07) is 6.08. The topological polar surface area (TPSA) is 27.7 Å². The third-order valence-corrected chi connectivity index (χ3v) is 3.11. The van der Waals surface area contributed by atoms with Gasteiger partial charge in [-0.3, -0.25) is 0 Å². The van der Waals surface area contributed by atoms with Crippen LogP contribution in [0.15, 0.2) is 18.2 Å². The summed E-state index contributed by atoms with van der Waals surface area (Å²) in [4.78, 5) is 0. The Balaban J connectivity index is 2.05. The van der Waals surface area contributed by atoms with E-state index in [1.165, 1.54) is 5.56 Å². The van der Waals surface area contributed by atoms with Crippen LogP contribution in [-0.4, -0.2) is 26.4 Å². The van der Waals surface area contributed by atoms with Crippen LogP contribution < -0.4 is 9.47 Å². The predicted octanol–water partition coefficient (Wildman–Crippen LogP) is 2.82. The summed E-state index contributed by atoms with van der Waals surface area (Å²) in [6.45, 7) is 3.72. The van der Waals surface area contributed by atoms with Gasteiger partial charge in [0, 0.05) is 18.9 Å². The van der Waals surface area contributed by atoms with Crippen LogP contribution in [-0.2, 0) is 11.2 Å². The van der Waals surface area contributed by atoms with Crippen molar-refractivity contribution in [3.8, 4) is 11.5 Å². The van der Waals surface area contributed by atoms with E-state index in [0.717, 1.165) is 44.0 Å². The van der Waals surface area contributed by atoms with Crippen molar-refractivity contribution < 1.29 is 14.2 Å². The van der Waals surface area contributed by atoms with Gasteiger partial charge >= 0.3 is 0 Å². The molecule has 0 saturated carbocycles. The highest BCUT2D eigenvalue weighted by atomic mass is 16.5. The van der Waals surface area contributed by atoms with E-state index < -0.39 is 0 Å². The molecule has 0 spiro atoms. The maximum atomic E-state index is 5.94. The first-order valence-electron chi connectivity index (χ1n) is 6.24. The molecule has 1 aliphatic heterocycles. The van der Waals surface area contributed by atoms with Crippen molar-refractivity contribution in [3.63, 3.8) is 0 Å². The Hall–Kier alpha value is -1.22. The summed E-state index contributed by atoms with van der Waals surface area (Å²) in [5.41, 5.74) is 1.21. The van der Waals surface area contributed by atoms with Gasteiger partial charge in [-0.1, -0.05) is 13.0 Å². The first-order valence-corrected chi connectivity index (χ1v) is 6.24. The van der Waals surface area contributed by atoms with E-state index in [1.54, 1.807) is 7.11 Å². The standard InChI is InChI=1S/C14H20O3/c1-3-11-4-5-13(10-14(11)15-2)17-12-6-8-16-9-7-12/h4-5,10,12H,3,6-9H2,1-2H3. The van der Waals surface area contributed by atoms with Crippen molar-refractivity contribution in [2.45, 2.75) is 32.3 Å². The Morgan fingerprint density at radius 3 is 2.71 bits per heavy atom. The number of benzene rings is 1. The van der Waals surface area contributed by atoms with Crippen LogP contribution in [0.4, 0.5) is 0 Å². The minimum atomic E-state index is 0.279. The van der Waals surface area contributed by atoms with Crippen LogP contribution in [0.2, 0.25) is 0 Å². The van der Waals surface area contributed by atoms with E-state index in [0.29, 0.717) is 0 Å². The van der Waals surface area contributed by atoms with Crippen LogP contribution >= 0.6 is 0 Å². The molecule has 0 bridgehead atoms. The summed E-state index contributed by atoms with van der Waals surface area (Å²) < 4.78 is 16.6. The molecule has 1 fully saturated rings. The van der Waals surface area contributed by atoms with Crippen molar-refractivity contribution >= 4 is 0 Å². The zero-order valence-electron chi connectivity index (χ0n) is 10.6. The Bertz CT molecular complexity index is 356. The van der Waals surface area contributed by atoms with Gasteiger partial charge in [0.1, 0.15) is 17.6 Å². The van der Waals surface area contributed by atoms with E-state index in [4.69, 9.17) is 14.2 Å². The summed E-state index contributed by atoms with van der Waals surface area (Å²) in [5.74, 6) is 1.81. The monoisotopic (exact) mass is 236 g/mol. The Morgan fingerprint density at radius 1 is 1.29 bits per heavy atom. The molecule has 17 heavy (non-hydrogen) atoms. The summed E-state index contributed by atoms with van der Waals surface area (Å²) in [7, 11) is 1.70. The fourth-order valence-corrected chi connectivity index (χ4v) is 2.08. The van der Waals surface area contributed by atoms with Crippen molar-refractivity contribution in [2.75, 3.05) is 20.3 Å². The number of rotatable bonds is 4. The van der Waals surface area contributed by atoms with Crippen LogP contribution in [0.3, 0.4) is 0 Å². The lowest BCUT2D eigenvalue weighted by Crippen LogP contribution is -2.25. The highest BCUT2D eigenvalue weighted by Crippen LogP contribution is 2.27. The van der Waals surface area contributed by atoms with Crippen LogP contribution in [0.5, 0.6) is 11.5 Å². The third-order valence-electron chi connectivity index (χ3n) is 3.11. The second kappa shape index (κ2) is 5.92. The first kappa shape index (κ1) is 12.2. The van der Waals surface area contributed by atoms with Gasteiger partial charge in [0.05, 0.1) is 20.3 Å². The zero-order valence-corrected chi connectivity index (χ0v) is 10.6. The number of hydrogen-bond acceptors (Lipinski definition) is 3. The van der Waals surface area contributed by atoms with Crippen LogP contribution in [0.25, 0.3) is 0 Å². The second-order valence-electron chi connectivity index (χ2n) is 4.26. The minimum absolute atomic E-state index is 0.279. The maximum Gasteiger partial charge on any atom is 0.125 e. The number of hydrogen-bond donors (Lipinski definition) is 0. The van der Waals surface area contributed by atoms with Gasteiger partial charge in [0.15, 0.2) is 0 Å². The first-order chi connectivity index (χ1) is 8.33. The molecule has 0 radical (unpaired) electrons. The fraction of sp³-hybridized carbons (Fsp3) is 0.571. The normalized spacial score (nSPS) is 16.8. The molecule has 1 aliphatic rings. The molecule has 0 N–H and O–H groups in total. The van der Waals surface area contributed by atoms with E-state index in [2.05, 4.69) is 13.0 Å². The molecule has 2 rings (SSSR count). The zero-order chi connectivity index (χ0) is 12.1. The Morgan fingerprint density at radius 2 is 2.06 bits per heavy atom. The number of aryl methyl sites for hydroxylation is 1. The molecule has 1 aromatic rings. The third kappa shape index (κ3) is 3.13. The largest absolute Gasteiger partial charge is 0.496 e. The molecule has 3 nitrogen and oxygen atoms in total. The second-order valence-corrected chi connectivity index (χ2v) is 4.26. The van der Waals surface area contributed by atoms with Crippen molar-refractivity contribution in [2.24, 2.45) is 0 Å². The molecule has 1 heterocycles. The molecule has 0 amide bonds. The van der Waals surface area contributed by atoms with Gasteiger partial charge in [0.2, 0.25) is 0 Å². The molecular weight excluding hydrogens is 216 g/mol. The maximum absolute atomic E-state index is 5.94. The lowest BCUT2D eigenvalue weighted by molar-refractivity contribution is 0.0255. The summed E-state index contributed by atoms with van der Waals surface area (Å²) >= 11 is 0. The average molecular weight is 236 g/mol. The molecule has 0 aromatic heterocycles. The molecule has 3 heteroatoms. The van der Waals surface area contributed by atoms with E-state index in [9.17, 15) is 0 Å². The number of methoxy groups -OCH3 is 1. The van der Waals surface area contributed by atoms with Crippen LogP contribution in [0.1, 0.15) is 25.3 Å². The molecule has 1 saturated heterocycles. The highest BCUT2D eigenvalue weighted by molar-refractivity contribution is 5.40. The van der Waals surface area contributed by atoms with E-state index in [-0.39, 0.29) is 6.10 Å². The fourth-order valence-electron chi connectivity index (χ4n) is 2.08. The van der Waals surface area contributed by atoms with Crippen LogP contribution in [0, 0.1) is 0 Å². The van der Waals surface area contributed by atoms with Gasteiger partial charge in [-0.05, 0) is 18.1 Å². The predicted molar refractivity (Wildman–Crippen MR) is 66.8 cm³/mol. The lowest BCUT2D eigenvalue weighted by atomic mass is 10.1. The van der Waals surface area contributed by atoms with Crippen molar-refractivity contribution in [3.05, 3.63) is 23.8 Å². The van der Waals surface area contributed by atoms with E-state index >= 15 is 0 Å². The summed E-state index contributed by atoms with van der Waals surface area (Å²) in [6.07, 6.45) is 3.19. The molecule has 0 aliphatic carbocycles. The SMILES string of the molecule is CCc1ccc(OC2CCOCC2)cc1OC. The molecular formula is C14H20O3. The van der Waals surface area contributed by atoms with Gasteiger partial charge < -0.3 is 14.2 Å². The Kier molecular flexibility index (Phi) is 4.26. The van der Waals surface area contributed by atoms with Gasteiger partial charge in [-0.2, -0.15) is 0 Å². The van der Waals surface area contributed by atoms with E-state index in [1.807, 2.05) is 12.1 Å². The number of ether oxygens (including phenoxy) is 3.